The molecule has 1 unspecified atom stereocenters. The summed E-state index contributed by atoms with van der Waals surface area (Å²) < 4.78 is 0. The molecule has 1 N–H and O–H groups in total. The van der Waals surface area contributed by atoms with Crippen LogP contribution in [0.15, 0.2) is 52.8 Å². The molecule has 6 heteroatoms. The van der Waals surface area contributed by atoms with Crippen molar-refractivity contribution in [1.29, 1.82) is 0 Å². The summed E-state index contributed by atoms with van der Waals surface area (Å²) in [6, 6.07) is 14.0. The molecule has 28 heavy (non-hydrogen) atoms. The van der Waals surface area contributed by atoms with Gasteiger partial charge in [-0.05, 0) is 24.5 Å². The number of benzene rings is 2. The predicted octanol–water partition coefficient (Wildman–Crippen LogP) is 3.20. The SMILES string of the molecule is CNC(=O)/C(=N/OC)c1cccc(C)c1CO/N=C1/c2ccccc2CC1C. The molecular formula is C22H25N3O3. The average molecular weight is 379 g/mol. The highest BCUT2D eigenvalue weighted by Gasteiger charge is 2.25. The fraction of sp³-hybridized carbons (Fsp3) is 0.318. The van der Waals surface area contributed by atoms with Crippen LogP contribution >= 0.6 is 0 Å². The molecule has 0 fully saturated rings. The van der Waals surface area contributed by atoms with E-state index in [1.54, 1.807) is 7.05 Å². The second kappa shape index (κ2) is 8.69. The van der Waals surface area contributed by atoms with E-state index < -0.39 is 0 Å². The Labute approximate surface area is 165 Å². The average Bonchev–Trinajstić information content (AvgIpc) is 3.02. The Balaban J connectivity index is 1.88. The molecule has 0 heterocycles. The van der Waals surface area contributed by atoms with Gasteiger partial charge in [-0.1, -0.05) is 59.7 Å². The summed E-state index contributed by atoms with van der Waals surface area (Å²) in [7, 11) is 2.98. The molecule has 0 saturated carbocycles. The number of nitrogens with zero attached hydrogens (tertiary/aromatic N) is 2. The molecule has 1 aliphatic rings. The van der Waals surface area contributed by atoms with Crippen LogP contribution in [0.2, 0.25) is 0 Å². The van der Waals surface area contributed by atoms with Crippen molar-refractivity contribution in [2.24, 2.45) is 16.2 Å². The van der Waals surface area contributed by atoms with Crippen molar-refractivity contribution < 1.29 is 14.5 Å². The smallest absolute Gasteiger partial charge is 0.273 e. The highest BCUT2D eigenvalue weighted by atomic mass is 16.6. The summed E-state index contributed by atoms with van der Waals surface area (Å²) >= 11 is 0. The molecule has 0 aliphatic heterocycles. The number of carbonyl (C=O) groups excluding carboxylic acids is 1. The van der Waals surface area contributed by atoms with Crippen LogP contribution in [0.3, 0.4) is 0 Å². The summed E-state index contributed by atoms with van der Waals surface area (Å²) in [5.41, 5.74) is 6.12. The van der Waals surface area contributed by atoms with Gasteiger partial charge in [-0.15, -0.1) is 0 Å². The van der Waals surface area contributed by atoms with Gasteiger partial charge in [0.15, 0.2) is 5.71 Å². The topological polar surface area (TPSA) is 72.3 Å². The van der Waals surface area contributed by atoms with Crippen molar-refractivity contribution in [3.8, 4) is 0 Å². The minimum atomic E-state index is -0.321. The monoisotopic (exact) mass is 379 g/mol. The zero-order chi connectivity index (χ0) is 20.1. The number of oxime groups is 2. The Kier molecular flexibility index (Phi) is 6.09. The normalized spacial score (nSPS) is 17.4. The minimum Gasteiger partial charge on any atom is -0.398 e. The van der Waals surface area contributed by atoms with Crippen LogP contribution in [0.4, 0.5) is 0 Å². The number of nitrogens with one attached hydrogen (secondary N) is 1. The van der Waals surface area contributed by atoms with Gasteiger partial charge in [0, 0.05) is 29.7 Å². The molecule has 0 radical (unpaired) electrons. The lowest BCUT2D eigenvalue weighted by Crippen LogP contribution is -2.29. The first-order chi connectivity index (χ1) is 13.6. The maximum Gasteiger partial charge on any atom is 0.273 e. The van der Waals surface area contributed by atoms with Crippen LogP contribution in [0.25, 0.3) is 0 Å². The first-order valence-electron chi connectivity index (χ1n) is 9.27. The van der Waals surface area contributed by atoms with E-state index in [2.05, 4.69) is 34.7 Å². The third kappa shape index (κ3) is 3.91. The number of aryl methyl sites for hydroxylation is 1. The maximum atomic E-state index is 12.2. The van der Waals surface area contributed by atoms with Crippen molar-refractivity contribution in [1.82, 2.24) is 5.32 Å². The highest BCUT2D eigenvalue weighted by molar-refractivity contribution is 6.45. The second-order valence-electron chi connectivity index (χ2n) is 6.81. The summed E-state index contributed by atoms with van der Waals surface area (Å²) in [5, 5.41) is 10.9. The van der Waals surface area contributed by atoms with Crippen molar-refractivity contribution >= 4 is 17.3 Å². The van der Waals surface area contributed by atoms with E-state index in [0.29, 0.717) is 11.5 Å². The van der Waals surface area contributed by atoms with Gasteiger partial charge in [-0.2, -0.15) is 0 Å². The molecule has 2 aromatic carbocycles. The van der Waals surface area contributed by atoms with E-state index in [1.807, 2.05) is 37.3 Å². The molecule has 0 aromatic heterocycles. The Morgan fingerprint density at radius 3 is 2.75 bits per heavy atom. The number of carbonyl (C=O) groups is 1. The third-order valence-electron chi connectivity index (χ3n) is 4.95. The lowest BCUT2D eigenvalue weighted by Gasteiger charge is -2.13. The number of rotatable bonds is 6. The maximum absolute atomic E-state index is 12.2. The molecule has 1 atom stereocenters. The van der Waals surface area contributed by atoms with Crippen molar-refractivity contribution in [3.05, 3.63) is 70.3 Å². The fourth-order valence-electron chi connectivity index (χ4n) is 3.48. The lowest BCUT2D eigenvalue weighted by molar-refractivity contribution is -0.114. The van der Waals surface area contributed by atoms with E-state index in [0.717, 1.165) is 28.8 Å². The minimum absolute atomic E-state index is 0.208. The Morgan fingerprint density at radius 1 is 1.21 bits per heavy atom. The summed E-state index contributed by atoms with van der Waals surface area (Å²) in [6.07, 6.45) is 0.968. The van der Waals surface area contributed by atoms with Gasteiger partial charge >= 0.3 is 0 Å². The molecule has 3 rings (SSSR count). The molecule has 2 aromatic rings. The number of fused-ring (bicyclic) bond motifs is 1. The predicted molar refractivity (Wildman–Crippen MR) is 109 cm³/mol. The van der Waals surface area contributed by atoms with Crippen molar-refractivity contribution in [2.75, 3.05) is 14.2 Å². The molecular weight excluding hydrogens is 354 g/mol. The zero-order valence-electron chi connectivity index (χ0n) is 16.7. The number of hydrogen-bond acceptors (Lipinski definition) is 5. The van der Waals surface area contributed by atoms with Crippen LogP contribution < -0.4 is 5.32 Å². The molecule has 0 spiro atoms. The van der Waals surface area contributed by atoms with Gasteiger partial charge in [0.1, 0.15) is 13.7 Å². The van der Waals surface area contributed by atoms with E-state index in [9.17, 15) is 4.79 Å². The summed E-state index contributed by atoms with van der Waals surface area (Å²) in [6.45, 7) is 4.35. The molecule has 0 bridgehead atoms. The van der Waals surface area contributed by atoms with E-state index in [-0.39, 0.29) is 18.2 Å². The van der Waals surface area contributed by atoms with Crippen LogP contribution in [0.5, 0.6) is 0 Å². The quantitative estimate of drug-likeness (QED) is 0.619. The van der Waals surface area contributed by atoms with Gasteiger partial charge in [-0.3, -0.25) is 4.79 Å². The molecule has 0 saturated heterocycles. The van der Waals surface area contributed by atoms with Gasteiger partial charge < -0.3 is 15.0 Å². The van der Waals surface area contributed by atoms with E-state index >= 15 is 0 Å². The van der Waals surface area contributed by atoms with Crippen LogP contribution in [-0.4, -0.2) is 31.5 Å². The number of amides is 1. The highest BCUT2D eigenvalue weighted by Crippen LogP contribution is 2.27. The second-order valence-corrected chi connectivity index (χ2v) is 6.81. The Bertz CT molecular complexity index is 934. The zero-order valence-corrected chi connectivity index (χ0v) is 16.7. The standard InChI is InChI=1S/C22H25N3O3/c1-14-8-7-11-18(21(24-27-4)22(26)23-3)19(14)13-28-25-20-15(2)12-16-9-5-6-10-17(16)20/h5-11,15H,12-13H2,1-4H3,(H,23,26)/b24-21+,25-20+. The van der Waals surface area contributed by atoms with Gasteiger partial charge in [0.2, 0.25) is 0 Å². The Hall–Kier alpha value is -3.15. The lowest BCUT2D eigenvalue weighted by atomic mass is 9.98. The van der Waals surface area contributed by atoms with Crippen molar-refractivity contribution in [2.45, 2.75) is 26.9 Å². The van der Waals surface area contributed by atoms with Crippen molar-refractivity contribution in [3.63, 3.8) is 0 Å². The summed E-state index contributed by atoms with van der Waals surface area (Å²) in [5.74, 6) is -0.0106. The first kappa shape index (κ1) is 19.6. The van der Waals surface area contributed by atoms with Crippen LogP contribution in [0.1, 0.15) is 34.7 Å². The van der Waals surface area contributed by atoms with Crippen LogP contribution in [-0.2, 0) is 27.5 Å². The largest absolute Gasteiger partial charge is 0.398 e. The molecule has 1 amide bonds. The Morgan fingerprint density at radius 2 is 2.00 bits per heavy atom. The number of hydrogen-bond donors (Lipinski definition) is 1. The first-order valence-corrected chi connectivity index (χ1v) is 9.27. The molecule has 6 nitrogen and oxygen atoms in total. The van der Waals surface area contributed by atoms with E-state index in [4.69, 9.17) is 9.68 Å². The molecule has 146 valence electrons. The van der Waals surface area contributed by atoms with E-state index in [1.165, 1.54) is 12.7 Å². The van der Waals surface area contributed by atoms with Gasteiger partial charge in [-0.25, -0.2) is 0 Å². The van der Waals surface area contributed by atoms with Gasteiger partial charge in [0.05, 0.1) is 5.71 Å². The fourth-order valence-corrected chi connectivity index (χ4v) is 3.48. The number of likely N-dealkylation sites (N-methyl/N-ethyl adjacent to an activating group) is 1. The summed E-state index contributed by atoms with van der Waals surface area (Å²) in [4.78, 5) is 22.9. The van der Waals surface area contributed by atoms with Crippen LogP contribution in [0, 0.1) is 12.8 Å². The third-order valence-corrected chi connectivity index (χ3v) is 4.95. The molecule has 1 aliphatic carbocycles. The van der Waals surface area contributed by atoms with Gasteiger partial charge in [0.25, 0.3) is 5.91 Å².